The summed E-state index contributed by atoms with van der Waals surface area (Å²) in [6.45, 7) is 1.79. The van der Waals surface area contributed by atoms with E-state index in [0.717, 1.165) is 10.5 Å². The Morgan fingerprint density at radius 2 is 1.89 bits per heavy atom. The normalized spacial score (nSPS) is 11.1. The third kappa shape index (κ3) is 4.99. The van der Waals surface area contributed by atoms with Crippen molar-refractivity contribution >= 4 is 52.6 Å². The van der Waals surface area contributed by atoms with Crippen molar-refractivity contribution in [2.24, 2.45) is 0 Å². The minimum atomic E-state index is -0.531. The van der Waals surface area contributed by atoms with Gasteiger partial charge >= 0.3 is 0 Å². The smallest absolute Gasteiger partial charge is 0.266 e. The third-order valence-corrected chi connectivity index (χ3v) is 5.39. The van der Waals surface area contributed by atoms with Crippen LogP contribution in [-0.4, -0.2) is 5.91 Å². The summed E-state index contributed by atoms with van der Waals surface area (Å²) in [7, 11) is 0. The Hall–Kier alpha value is -2.65. The van der Waals surface area contributed by atoms with Gasteiger partial charge in [-0.1, -0.05) is 41.0 Å². The number of carbonyl (C=O) groups excluding carboxylic acids is 1. The minimum Gasteiger partial charge on any atom is -0.450 e. The lowest BCUT2D eigenvalue weighted by molar-refractivity contribution is -0.112. The molecule has 0 aliphatic rings. The molecule has 0 aliphatic heterocycles. The van der Waals surface area contributed by atoms with Crippen molar-refractivity contribution in [3.8, 4) is 6.07 Å². The molecule has 1 N–H and O–H groups in total. The van der Waals surface area contributed by atoms with Gasteiger partial charge in [-0.25, -0.2) is 0 Å². The second-order valence-corrected chi connectivity index (χ2v) is 7.67. The van der Waals surface area contributed by atoms with Gasteiger partial charge in [0.15, 0.2) is 5.09 Å². The summed E-state index contributed by atoms with van der Waals surface area (Å²) >= 11 is 13.4. The van der Waals surface area contributed by atoms with E-state index in [1.807, 2.05) is 18.2 Å². The summed E-state index contributed by atoms with van der Waals surface area (Å²) in [4.78, 5) is 13.4. The second-order valence-electron chi connectivity index (χ2n) is 5.75. The van der Waals surface area contributed by atoms with Crippen molar-refractivity contribution < 1.29 is 9.21 Å². The van der Waals surface area contributed by atoms with E-state index in [2.05, 4.69) is 5.32 Å². The van der Waals surface area contributed by atoms with E-state index in [1.165, 1.54) is 17.8 Å². The van der Waals surface area contributed by atoms with Gasteiger partial charge < -0.3 is 9.73 Å². The van der Waals surface area contributed by atoms with Crippen LogP contribution in [0.4, 0.5) is 5.69 Å². The monoisotopic (exact) mass is 428 g/mol. The van der Waals surface area contributed by atoms with Crippen LogP contribution in [0.1, 0.15) is 11.3 Å². The van der Waals surface area contributed by atoms with E-state index >= 15 is 0 Å². The molecule has 3 rings (SSSR count). The van der Waals surface area contributed by atoms with Crippen LogP contribution in [0, 0.1) is 18.3 Å². The SMILES string of the molecule is Cc1c(Cl)cccc1NC(=O)/C(C#N)=C/c1ccc(Sc2ccc(Cl)cc2)o1. The van der Waals surface area contributed by atoms with Crippen LogP contribution in [0.3, 0.4) is 0 Å². The van der Waals surface area contributed by atoms with E-state index in [0.29, 0.717) is 26.6 Å². The van der Waals surface area contributed by atoms with E-state index in [1.54, 1.807) is 49.4 Å². The maximum Gasteiger partial charge on any atom is 0.266 e. The van der Waals surface area contributed by atoms with E-state index in [4.69, 9.17) is 27.6 Å². The summed E-state index contributed by atoms with van der Waals surface area (Å²) in [5, 5.41) is 13.9. The quantitative estimate of drug-likeness (QED) is 0.367. The van der Waals surface area contributed by atoms with Crippen LogP contribution in [0.2, 0.25) is 10.0 Å². The predicted octanol–water partition coefficient (Wildman–Crippen LogP) is 6.59. The molecule has 2 aromatic carbocycles. The fourth-order valence-electron chi connectivity index (χ4n) is 2.31. The van der Waals surface area contributed by atoms with Crippen molar-refractivity contribution in [2.45, 2.75) is 16.9 Å². The molecule has 0 saturated heterocycles. The van der Waals surface area contributed by atoms with Crippen LogP contribution in [-0.2, 0) is 4.79 Å². The summed E-state index contributed by atoms with van der Waals surface area (Å²) < 4.78 is 5.69. The molecule has 0 fully saturated rings. The molecule has 140 valence electrons. The molecule has 7 heteroatoms. The fourth-order valence-corrected chi connectivity index (χ4v) is 3.39. The number of hydrogen-bond donors (Lipinski definition) is 1. The Labute approximate surface area is 176 Å². The van der Waals surface area contributed by atoms with Crippen molar-refractivity contribution in [1.82, 2.24) is 0 Å². The van der Waals surface area contributed by atoms with Crippen LogP contribution in [0.25, 0.3) is 6.08 Å². The highest BCUT2D eigenvalue weighted by Gasteiger charge is 2.13. The number of carbonyl (C=O) groups is 1. The molecule has 0 atom stereocenters. The molecule has 0 saturated carbocycles. The van der Waals surface area contributed by atoms with Crippen molar-refractivity contribution in [1.29, 1.82) is 5.26 Å². The molecule has 1 aromatic heterocycles. The first-order chi connectivity index (χ1) is 13.5. The molecule has 4 nitrogen and oxygen atoms in total. The Balaban J connectivity index is 1.74. The first-order valence-electron chi connectivity index (χ1n) is 8.18. The van der Waals surface area contributed by atoms with Crippen molar-refractivity contribution in [3.05, 3.63) is 81.5 Å². The van der Waals surface area contributed by atoms with E-state index in [9.17, 15) is 10.1 Å². The van der Waals surface area contributed by atoms with Crippen LogP contribution < -0.4 is 5.32 Å². The molecule has 0 aliphatic carbocycles. The number of hydrogen-bond acceptors (Lipinski definition) is 4. The summed E-state index contributed by atoms with van der Waals surface area (Å²) in [5.74, 6) is -0.123. The number of halogens is 2. The third-order valence-electron chi connectivity index (χ3n) is 3.80. The first kappa shape index (κ1) is 20.1. The van der Waals surface area contributed by atoms with E-state index < -0.39 is 5.91 Å². The summed E-state index contributed by atoms with van der Waals surface area (Å²) in [6, 6.07) is 17.9. The molecule has 0 radical (unpaired) electrons. The number of nitrogens with one attached hydrogen (secondary N) is 1. The van der Waals surface area contributed by atoms with Gasteiger partial charge in [-0.15, -0.1) is 0 Å². The van der Waals surface area contributed by atoms with Gasteiger partial charge in [0.25, 0.3) is 5.91 Å². The average Bonchev–Trinajstić information content (AvgIpc) is 3.12. The van der Waals surface area contributed by atoms with Gasteiger partial charge in [0.1, 0.15) is 17.4 Å². The molecule has 1 heterocycles. The lowest BCUT2D eigenvalue weighted by atomic mass is 10.1. The molecule has 3 aromatic rings. The number of benzene rings is 2. The maximum absolute atomic E-state index is 12.4. The topological polar surface area (TPSA) is 66.0 Å². The number of furan rings is 1. The lowest BCUT2D eigenvalue weighted by Crippen LogP contribution is -2.14. The zero-order valence-corrected chi connectivity index (χ0v) is 17.0. The number of rotatable bonds is 5. The molecule has 0 bridgehead atoms. The molecular weight excluding hydrogens is 415 g/mol. The predicted molar refractivity (Wildman–Crippen MR) is 113 cm³/mol. The molecular formula is C21H14Cl2N2O2S. The van der Waals surface area contributed by atoms with E-state index in [-0.39, 0.29) is 5.57 Å². The molecule has 28 heavy (non-hydrogen) atoms. The first-order valence-corrected chi connectivity index (χ1v) is 9.75. The highest BCUT2D eigenvalue weighted by atomic mass is 35.5. The summed E-state index contributed by atoms with van der Waals surface area (Å²) in [5.41, 5.74) is 1.21. The van der Waals surface area contributed by atoms with Crippen LogP contribution in [0.5, 0.6) is 0 Å². The number of amides is 1. The minimum absolute atomic E-state index is 0.0724. The maximum atomic E-state index is 12.4. The van der Waals surface area contributed by atoms with Gasteiger partial charge in [0, 0.05) is 26.7 Å². The Bertz CT molecular complexity index is 1080. The zero-order chi connectivity index (χ0) is 20.1. The van der Waals surface area contributed by atoms with Crippen LogP contribution >= 0.6 is 35.0 Å². The summed E-state index contributed by atoms with van der Waals surface area (Å²) in [6.07, 6.45) is 1.40. The highest BCUT2D eigenvalue weighted by Crippen LogP contribution is 2.30. The van der Waals surface area contributed by atoms with Gasteiger partial charge in [0.05, 0.1) is 0 Å². The molecule has 1 amide bonds. The average molecular weight is 429 g/mol. The number of nitriles is 1. The lowest BCUT2D eigenvalue weighted by Gasteiger charge is -2.08. The van der Waals surface area contributed by atoms with Gasteiger partial charge in [-0.2, -0.15) is 5.26 Å². The van der Waals surface area contributed by atoms with Crippen molar-refractivity contribution in [2.75, 3.05) is 5.32 Å². The Morgan fingerprint density at radius 1 is 1.14 bits per heavy atom. The van der Waals surface area contributed by atoms with Gasteiger partial charge in [-0.05, 0) is 61.0 Å². The molecule has 0 unspecified atom stereocenters. The van der Waals surface area contributed by atoms with Gasteiger partial charge in [0.2, 0.25) is 0 Å². The standard InChI is InChI=1S/C21H14Cl2N2O2S/c1-13-18(23)3-2-4-19(13)25-21(26)14(12-24)11-16-7-10-20(27-16)28-17-8-5-15(22)6-9-17/h2-11H,1H3,(H,25,26)/b14-11+. The Kier molecular flexibility index (Phi) is 6.48. The molecule has 0 spiro atoms. The Morgan fingerprint density at radius 3 is 2.61 bits per heavy atom. The second kappa shape index (κ2) is 9.03. The zero-order valence-electron chi connectivity index (χ0n) is 14.7. The fraction of sp³-hybridized carbons (Fsp3) is 0.0476. The largest absolute Gasteiger partial charge is 0.450 e. The van der Waals surface area contributed by atoms with Crippen molar-refractivity contribution in [3.63, 3.8) is 0 Å². The van der Waals surface area contributed by atoms with Crippen LogP contribution in [0.15, 0.2) is 74.6 Å². The highest BCUT2D eigenvalue weighted by molar-refractivity contribution is 7.99. The number of nitrogens with zero attached hydrogens (tertiary/aromatic N) is 1. The number of anilines is 1. The van der Waals surface area contributed by atoms with Gasteiger partial charge in [-0.3, -0.25) is 4.79 Å².